The number of carbonyl (C=O) groups excluding carboxylic acids is 1. The van der Waals surface area contributed by atoms with Crippen LogP contribution in [0.5, 0.6) is 0 Å². The Balaban J connectivity index is 1.44. The molecule has 1 saturated heterocycles. The van der Waals surface area contributed by atoms with Crippen LogP contribution in [-0.4, -0.2) is 51.5 Å². The van der Waals surface area contributed by atoms with Crippen LogP contribution in [0.1, 0.15) is 44.0 Å². The number of rotatable bonds is 5. The number of fused-ring (bicyclic) bond motifs is 1. The fourth-order valence-electron chi connectivity index (χ4n) is 5.42. The standard InChI is InChI=1S/C28H29F2N5O2S/c1-16(2)23-15-35(9-10-37-23)25(36)28-13-24(28)27(3,34-26(31)38-28)19-11-17(5-7-20(19)29)12-21(30)22-8-6-18(32-4)14-33-22/h5-8,11-12,14,16,23-24H,9-10,13,15H2,1-3H3,(H2,31,34)/b21-12-/t23-,24+,27-,28+/m1/s1. The van der Waals surface area contributed by atoms with Crippen molar-refractivity contribution in [1.82, 2.24) is 9.88 Å². The van der Waals surface area contributed by atoms with Crippen LogP contribution in [0.3, 0.4) is 0 Å². The zero-order valence-electron chi connectivity index (χ0n) is 21.4. The van der Waals surface area contributed by atoms with Gasteiger partial charge < -0.3 is 15.4 Å². The van der Waals surface area contributed by atoms with Gasteiger partial charge in [-0.3, -0.25) is 14.8 Å². The second-order valence-corrected chi connectivity index (χ2v) is 11.8. The van der Waals surface area contributed by atoms with Gasteiger partial charge >= 0.3 is 0 Å². The van der Waals surface area contributed by atoms with Crippen molar-refractivity contribution >= 4 is 40.4 Å². The van der Waals surface area contributed by atoms with Crippen LogP contribution >= 0.6 is 11.8 Å². The molecule has 1 aromatic carbocycles. The molecule has 2 aliphatic heterocycles. The number of amides is 1. The summed E-state index contributed by atoms with van der Waals surface area (Å²) in [6.45, 7) is 14.4. The number of amidine groups is 1. The quantitative estimate of drug-likeness (QED) is 0.533. The number of nitrogens with two attached hydrogens (primary N) is 1. The van der Waals surface area contributed by atoms with Crippen LogP contribution in [0.25, 0.3) is 16.7 Å². The van der Waals surface area contributed by atoms with Gasteiger partial charge in [-0.25, -0.2) is 13.6 Å². The summed E-state index contributed by atoms with van der Waals surface area (Å²) in [5.41, 5.74) is 6.24. The molecule has 1 saturated carbocycles. The molecule has 38 heavy (non-hydrogen) atoms. The number of thioether (sulfide) groups is 1. The molecule has 2 aromatic rings. The van der Waals surface area contributed by atoms with Crippen molar-refractivity contribution in [3.05, 3.63) is 70.6 Å². The Morgan fingerprint density at radius 2 is 2.16 bits per heavy atom. The number of nitrogens with zero attached hydrogens (tertiary/aromatic N) is 4. The van der Waals surface area contributed by atoms with Gasteiger partial charge in [0.1, 0.15) is 16.4 Å². The second-order valence-electron chi connectivity index (χ2n) is 10.5. The summed E-state index contributed by atoms with van der Waals surface area (Å²) in [6, 6.07) is 7.23. The molecule has 0 unspecified atom stereocenters. The highest BCUT2D eigenvalue weighted by molar-refractivity contribution is 8.15. The molecule has 2 N–H and O–H groups in total. The molecular formula is C28H29F2N5O2S. The van der Waals surface area contributed by atoms with Crippen molar-refractivity contribution in [3.63, 3.8) is 0 Å². The van der Waals surface area contributed by atoms with Gasteiger partial charge in [-0.05, 0) is 49.1 Å². The second kappa shape index (κ2) is 9.79. The first-order valence-electron chi connectivity index (χ1n) is 12.5. The lowest BCUT2D eigenvalue weighted by Crippen LogP contribution is -2.53. The van der Waals surface area contributed by atoms with E-state index in [4.69, 9.17) is 17.0 Å². The summed E-state index contributed by atoms with van der Waals surface area (Å²) < 4.78 is 35.3. The number of morpholine rings is 1. The van der Waals surface area contributed by atoms with E-state index in [-0.39, 0.29) is 40.3 Å². The van der Waals surface area contributed by atoms with Crippen molar-refractivity contribution in [1.29, 1.82) is 0 Å². The molecule has 198 valence electrons. The number of carbonyl (C=O) groups is 1. The summed E-state index contributed by atoms with van der Waals surface area (Å²) in [5.74, 6) is -1.11. The summed E-state index contributed by atoms with van der Waals surface area (Å²) >= 11 is 1.26. The van der Waals surface area contributed by atoms with Crippen molar-refractivity contribution in [2.75, 3.05) is 19.7 Å². The van der Waals surface area contributed by atoms with Gasteiger partial charge in [0.05, 0.1) is 30.5 Å². The van der Waals surface area contributed by atoms with Crippen LogP contribution in [0.4, 0.5) is 14.5 Å². The van der Waals surface area contributed by atoms with Gasteiger partial charge in [-0.2, -0.15) is 0 Å². The monoisotopic (exact) mass is 537 g/mol. The predicted octanol–water partition coefficient (Wildman–Crippen LogP) is 5.16. The van der Waals surface area contributed by atoms with Gasteiger partial charge in [0.2, 0.25) is 11.6 Å². The number of ether oxygens (including phenoxy) is 1. The van der Waals surface area contributed by atoms with Gasteiger partial charge in [0.15, 0.2) is 5.17 Å². The number of aliphatic imine (C=N–C) groups is 1. The summed E-state index contributed by atoms with van der Waals surface area (Å²) in [6.07, 6.45) is 3.05. The third-order valence-electron chi connectivity index (χ3n) is 7.65. The Kier molecular flexibility index (Phi) is 6.78. The molecule has 2 fully saturated rings. The largest absolute Gasteiger partial charge is 0.378 e. The lowest BCUT2D eigenvalue weighted by molar-refractivity contribution is -0.141. The maximum Gasteiger partial charge on any atom is 0.239 e. The summed E-state index contributed by atoms with van der Waals surface area (Å²) in [7, 11) is 0. The normalized spacial score (nSPS) is 28.9. The Hall–Kier alpha value is -3.29. The van der Waals surface area contributed by atoms with E-state index in [0.29, 0.717) is 37.4 Å². The lowest BCUT2D eigenvalue weighted by atomic mass is 9.84. The molecule has 3 heterocycles. The molecule has 3 aliphatic rings. The molecule has 0 spiro atoms. The molecule has 7 nitrogen and oxygen atoms in total. The molecule has 1 amide bonds. The highest BCUT2D eigenvalue weighted by atomic mass is 32.2. The fraction of sp³-hybridized carbons (Fsp3) is 0.429. The number of hydrogen-bond acceptors (Lipinski definition) is 6. The van der Waals surface area contributed by atoms with Crippen LogP contribution in [0.15, 0.2) is 41.5 Å². The first-order valence-corrected chi connectivity index (χ1v) is 13.4. The number of pyridine rings is 1. The SMILES string of the molecule is [C-]#[N+]c1ccc(/C(F)=C/c2ccc(F)c([C@@]3(C)N=C(N)S[C@@]4(C(=O)N5CCO[C@@H](C(C)C)C5)C[C@H]43)c2)nc1. The zero-order chi connectivity index (χ0) is 27.2. The van der Waals surface area contributed by atoms with E-state index in [0.717, 1.165) is 0 Å². The number of hydrogen-bond donors (Lipinski definition) is 1. The van der Waals surface area contributed by atoms with Crippen LogP contribution in [0, 0.1) is 24.2 Å². The topological polar surface area (TPSA) is 85.2 Å². The van der Waals surface area contributed by atoms with E-state index in [9.17, 15) is 9.18 Å². The lowest BCUT2D eigenvalue weighted by Gasteiger charge is -2.39. The molecule has 5 rings (SSSR count). The maximum absolute atomic E-state index is 15.3. The van der Waals surface area contributed by atoms with Gasteiger partial charge in [0.25, 0.3) is 0 Å². The maximum atomic E-state index is 15.3. The van der Waals surface area contributed by atoms with E-state index >= 15 is 4.39 Å². The minimum absolute atomic E-state index is 0.0121. The predicted molar refractivity (Wildman–Crippen MR) is 144 cm³/mol. The third-order valence-corrected chi connectivity index (χ3v) is 8.95. The molecule has 1 aliphatic carbocycles. The van der Waals surface area contributed by atoms with E-state index in [2.05, 4.69) is 28.7 Å². The minimum Gasteiger partial charge on any atom is -0.378 e. The molecule has 0 radical (unpaired) electrons. The van der Waals surface area contributed by atoms with Gasteiger partial charge in [-0.1, -0.05) is 37.7 Å². The molecule has 10 heteroatoms. The number of halogens is 2. The third kappa shape index (κ3) is 4.58. The van der Waals surface area contributed by atoms with Crippen molar-refractivity contribution in [2.24, 2.45) is 22.6 Å². The Bertz CT molecular complexity index is 1370. The van der Waals surface area contributed by atoms with Crippen LogP contribution in [0.2, 0.25) is 0 Å². The van der Waals surface area contributed by atoms with Gasteiger partial charge in [0, 0.05) is 30.8 Å². The highest BCUT2D eigenvalue weighted by Crippen LogP contribution is 2.66. The number of aromatic nitrogens is 1. The van der Waals surface area contributed by atoms with E-state index in [1.807, 2.05) is 4.90 Å². The van der Waals surface area contributed by atoms with Crippen molar-refractivity contribution < 1.29 is 18.3 Å². The molecule has 0 bridgehead atoms. The van der Waals surface area contributed by atoms with E-state index < -0.39 is 21.9 Å². The highest BCUT2D eigenvalue weighted by Gasteiger charge is 2.71. The molecule has 1 aromatic heterocycles. The average molecular weight is 538 g/mol. The van der Waals surface area contributed by atoms with Crippen LogP contribution in [-0.2, 0) is 15.1 Å². The smallest absolute Gasteiger partial charge is 0.239 e. The molecular weight excluding hydrogens is 508 g/mol. The average Bonchev–Trinajstić information content (AvgIpc) is 3.66. The Labute approximate surface area is 225 Å². The van der Waals surface area contributed by atoms with Gasteiger partial charge in [-0.15, -0.1) is 0 Å². The minimum atomic E-state index is -1.09. The first-order chi connectivity index (χ1) is 18.1. The molecule has 4 atom stereocenters. The number of benzene rings is 1. The zero-order valence-corrected chi connectivity index (χ0v) is 22.3. The fourth-order valence-corrected chi connectivity index (χ4v) is 6.87. The summed E-state index contributed by atoms with van der Waals surface area (Å²) in [4.78, 5) is 27.5. The van der Waals surface area contributed by atoms with Crippen molar-refractivity contribution in [2.45, 2.75) is 43.6 Å². The van der Waals surface area contributed by atoms with Crippen LogP contribution < -0.4 is 5.73 Å². The Morgan fingerprint density at radius 1 is 1.37 bits per heavy atom. The van der Waals surface area contributed by atoms with E-state index in [1.165, 1.54) is 48.3 Å². The first kappa shape index (κ1) is 26.3. The summed E-state index contributed by atoms with van der Waals surface area (Å²) in [5, 5.41) is 0.235. The van der Waals surface area contributed by atoms with E-state index in [1.54, 1.807) is 13.0 Å². The van der Waals surface area contributed by atoms with Crippen molar-refractivity contribution in [3.8, 4) is 0 Å². The Morgan fingerprint density at radius 3 is 2.84 bits per heavy atom.